The predicted molar refractivity (Wildman–Crippen MR) is 113 cm³/mol. The highest BCUT2D eigenvalue weighted by molar-refractivity contribution is 9.10. The smallest absolute Gasteiger partial charge is 0.368 e. The summed E-state index contributed by atoms with van der Waals surface area (Å²) in [4.78, 5) is 22.2. The number of nitrogens with one attached hydrogen (secondary N) is 2. The molecule has 30 heavy (non-hydrogen) atoms. The van der Waals surface area contributed by atoms with Crippen molar-refractivity contribution in [2.45, 2.75) is 25.1 Å². The van der Waals surface area contributed by atoms with Gasteiger partial charge in [-0.25, -0.2) is 4.98 Å². The molecule has 0 unspecified atom stereocenters. The van der Waals surface area contributed by atoms with Crippen LogP contribution in [0, 0.1) is 0 Å². The summed E-state index contributed by atoms with van der Waals surface area (Å²) in [5.74, 6) is -0.508. The van der Waals surface area contributed by atoms with Gasteiger partial charge in [-0.15, -0.1) is 0 Å². The second-order valence-corrected chi connectivity index (χ2v) is 8.11. The van der Waals surface area contributed by atoms with Gasteiger partial charge >= 0.3 is 6.18 Å². The first-order valence-electron chi connectivity index (χ1n) is 9.39. The van der Waals surface area contributed by atoms with E-state index < -0.39 is 17.6 Å². The summed E-state index contributed by atoms with van der Waals surface area (Å²) in [5, 5.41) is 3.51. The molecule has 1 aromatic carbocycles. The number of pyridine rings is 1. The number of piperidine rings is 1. The Bertz CT molecular complexity index is 1080. The van der Waals surface area contributed by atoms with Crippen LogP contribution in [0.1, 0.15) is 28.8 Å². The largest absolute Gasteiger partial charge is 0.416 e. The van der Waals surface area contributed by atoms with E-state index in [-0.39, 0.29) is 11.6 Å². The van der Waals surface area contributed by atoms with Crippen molar-refractivity contribution in [2.24, 2.45) is 5.73 Å². The molecule has 0 spiro atoms. The molecule has 2 aromatic heterocycles. The van der Waals surface area contributed by atoms with E-state index >= 15 is 0 Å². The number of aromatic amines is 1. The number of hydrogen-bond acceptors (Lipinski definition) is 4. The van der Waals surface area contributed by atoms with Gasteiger partial charge in [0.05, 0.1) is 26.8 Å². The predicted octanol–water partition coefficient (Wildman–Crippen LogP) is 4.52. The van der Waals surface area contributed by atoms with E-state index in [9.17, 15) is 18.0 Å². The Labute approximate surface area is 178 Å². The molecule has 4 rings (SSSR count). The quantitative estimate of drug-likeness (QED) is 0.513. The third kappa shape index (κ3) is 4.01. The zero-order chi connectivity index (χ0) is 21.5. The molecule has 1 atom stereocenters. The van der Waals surface area contributed by atoms with Crippen LogP contribution >= 0.6 is 15.9 Å². The van der Waals surface area contributed by atoms with Crippen molar-refractivity contribution >= 4 is 44.2 Å². The van der Waals surface area contributed by atoms with E-state index in [0.717, 1.165) is 59.2 Å². The summed E-state index contributed by atoms with van der Waals surface area (Å²) >= 11 is 3.55. The number of anilines is 2. The maximum atomic E-state index is 12.8. The Balaban J connectivity index is 1.66. The van der Waals surface area contributed by atoms with Crippen molar-refractivity contribution in [1.82, 2.24) is 9.97 Å². The molecular formula is C20H19BrF3N5O. The molecule has 1 saturated heterocycles. The van der Waals surface area contributed by atoms with Gasteiger partial charge in [0, 0.05) is 37.1 Å². The number of carbonyl (C=O) groups excluding carboxylic acids is 1. The fourth-order valence-electron chi connectivity index (χ4n) is 3.68. The lowest BCUT2D eigenvalue weighted by Crippen LogP contribution is -2.43. The Kier molecular flexibility index (Phi) is 5.46. The van der Waals surface area contributed by atoms with Crippen molar-refractivity contribution in [3.8, 4) is 0 Å². The Morgan fingerprint density at radius 1 is 1.30 bits per heavy atom. The van der Waals surface area contributed by atoms with Crippen molar-refractivity contribution in [2.75, 3.05) is 23.3 Å². The maximum absolute atomic E-state index is 12.8. The van der Waals surface area contributed by atoms with Gasteiger partial charge in [-0.2, -0.15) is 13.2 Å². The van der Waals surface area contributed by atoms with Crippen LogP contribution in [0.25, 0.3) is 11.0 Å². The number of rotatable bonds is 3. The third-order valence-corrected chi connectivity index (χ3v) is 5.71. The summed E-state index contributed by atoms with van der Waals surface area (Å²) in [6.45, 7) is 1.50. The van der Waals surface area contributed by atoms with E-state index in [1.54, 1.807) is 12.4 Å². The number of fused-ring (bicyclic) bond motifs is 1. The van der Waals surface area contributed by atoms with Gasteiger partial charge in [0.2, 0.25) is 0 Å². The summed E-state index contributed by atoms with van der Waals surface area (Å²) in [5.41, 5.74) is 7.43. The standard InChI is InChI=1S/C20H19BrF3N5O/c21-14-8-26-18-16(17(14)29-7-1-2-13(25)10-29)15(9-27-18)28-19(30)11-3-5-12(6-4-11)20(22,23)24/h3-6,8-9,13H,1-2,7,10,25H2,(H,26,27)(H,28,30)/t13-/m1/s1. The van der Waals surface area contributed by atoms with Gasteiger partial charge in [-0.1, -0.05) is 0 Å². The highest BCUT2D eigenvalue weighted by Crippen LogP contribution is 2.39. The average molecular weight is 482 g/mol. The SMILES string of the molecule is N[C@@H]1CCCN(c2c(Br)cnc3[nH]cc(NC(=O)c4ccc(C(F)(F)F)cc4)c23)C1. The normalized spacial score (nSPS) is 17.4. The van der Waals surface area contributed by atoms with Crippen LogP contribution in [-0.2, 0) is 6.18 Å². The first-order valence-corrected chi connectivity index (χ1v) is 10.2. The Morgan fingerprint density at radius 3 is 2.70 bits per heavy atom. The summed E-state index contributed by atoms with van der Waals surface area (Å²) in [7, 11) is 0. The molecule has 0 radical (unpaired) electrons. The van der Waals surface area contributed by atoms with Gasteiger partial charge in [0.1, 0.15) is 5.65 Å². The second-order valence-electron chi connectivity index (χ2n) is 7.26. The topological polar surface area (TPSA) is 87.0 Å². The number of nitrogens with two attached hydrogens (primary N) is 1. The second kappa shape index (κ2) is 7.92. The van der Waals surface area contributed by atoms with Crippen LogP contribution in [0.15, 0.2) is 41.1 Å². The lowest BCUT2D eigenvalue weighted by molar-refractivity contribution is -0.137. The zero-order valence-electron chi connectivity index (χ0n) is 15.8. The Hall–Kier alpha value is -2.59. The number of benzene rings is 1. The van der Waals surface area contributed by atoms with Gasteiger partial charge in [-0.05, 0) is 53.0 Å². The van der Waals surface area contributed by atoms with Gasteiger partial charge in [-0.3, -0.25) is 4.79 Å². The van der Waals surface area contributed by atoms with E-state index in [0.29, 0.717) is 17.9 Å². The number of alkyl halides is 3. The molecule has 0 saturated carbocycles. The molecule has 1 amide bonds. The van der Waals surface area contributed by atoms with Crippen molar-refractivity contribution in [3.05, 3.63) is 52.3 Å². The molecule has 1 aliphatic rings. The minimum absolute atomic E-state index is 0.0537. The summed E-state index contributed by atoms with van der Waals surface area (Å²) in [6, 6.07) is 4.15. The first kappa shape index (κ1) is 20.7. The fraction of sp³-hybridized carbons (Fsp3) is 0.300. The van der Waals surface area contributed by atoms with Crippen LogP contribution in [0.4, 0.5) is 24.5 Å². The number of amides is 1. The number of hydrogen-bond donors (Lipinski definition) is 3. The van der Waals surface area contributed by atoms with Crippen molar-refractivity contribution < 1.29 is 18.0 Å². The third-order valence-electron chi connectivity index (χ3n) is 5.13. The van der Waals surface area contributed by atoms with Crippen molar-refractivity contribution in [1.29, 1.82) is 0 Å². The van der Waals surface area contributed by atoms with Gasteiger partial charge < -0.3 is 20.9 Å². The van der Waals surface area contributed by atoms with Crippen molar-refractivity contribution in [3.63, 3.8) is 0 Å². The van der Waals surface area contributed by atoms with E-state index in [2.05, 4.69) is 36.1 Å². The molecule has 4 N–H and O–H groups in total. The molecule has 10 heteroatoms. The highest BCUT2D eigenvalue weighted by Gasteiger charge is 2.30. The first-order chi connectivity index (χ1) is 14.2. The number of nitrogens with zero attached hydrogens (tertiary/aromatic N) is 2. The lowest BCUT2D eigenvalue weighted by Gasteiger charge is -2.33. The fourth-order valence-corrected chi connectivity index (χ4v) is 4.23. The van der Waals surface area contributed by atoms with Crippen LogP contribution in [0.3, 0.4) is 0 Å². The number of halogens is 4. The molecular weight excluding hydrogens is 463 g/mol. The molecule has 0 bridgehead atoms. The molecule has 3 aromatic rings. The van der Waals surface area contributed by atoms with Gasteiger partial charge in [0.15, 0.2) is 0 Å². The van der Waals surface area contributed by atoms with E-state index in [4.69, 9.17) is 5.73 Å². The van der Waals surface area contributed by atoms with Crippen LogP contribution in [-0.4, -0.2) is 35.0 Å². The average Bonchev–Trinajstić information content (AvgIpc) is 3.10. The summed E-state index contributed by atoms with van der Waals surface area (Å²) in [6.07, 6.45) is 0.769. The van der Waals surface area contributed by atoms with Crippen LogP contribution in [0.2, 0.25) is 0 Å². The van der Waals surface area contributed by atoms with Crippen LogP contribution in [0.5, 0.6) is 0 Å². The molecule has 3 heterocycles. The zero-order valence-corrected chi connectivity index (χ0v) is 17.3. The highest BCUT2D eigenvalue weighted by atomic mass is 79.9. The molecule has 158 valence electrons. The monoisotopic (exact) mass is 481 g/mol. The number of H-pyrrole nitrogens is 1. The maximum Gasteiger partial charge on any atom is 0.416 e. The molecule has 1 aliphatic heterocycles. The van der Waals surface area contributed by atoms with Gasteiger partial charge in [0.25, 0.3) is 5.91 Å². The van der Waals surface area contributed by atoms with Crippen LogP contribution < -0.4 is 16.0 Å². The number of carbonyl (C=O) groups is 1. The number of aromatic nitrogens is 2. The molecule has 6 nitrogen and oxygen atoms in total. The minimum atomic E-state index is -4.45. The minimum Gasteiger partial charge on any atom is -0.368 e. The Morgan fingerprint density at radius 2 is 2.03 bits per heavy atom. The lowest BCUT2D eigenvalue weighted by atomic mass is 10.1. The van der Waals surface area contributed by atoms with E-state index in [1.807, 2.05) is 0 Å². The molecule has 1 fully saturated rings. The summed E-state index contributed by atoms with van der Waals surface area (Å²) < 4.78 is 39.0. The molecule has 0 aliphatic carbocycles. The van der Waals surface area contributed by atoms with E-state index in [1.165, 1.54) is 0 Å².